The van der Waals surface area contributed by atoms with Gasteiger partial charge in [0.05, 0.1) is 47.1 Å². The number of fused-ring (bicyclic) bond motifs is 1. The Hall–Kier alpha value is -3.37. The van der Waals surface area contributed by atoms with Gasteiger partial charge >= 0.3 is 0 Å². The maximum absolute atomic E-state index is 9.71. The van der Waals surface area contributed by atoms with E-state index in [0.29, 0.717) is 23.2 Å². The molecule has 3 aromatic rings. The number of allylic oxidation sites excluding steroid dienone is 1. The Labute approximate surface area is 221 Å². The van der Waals surface area contributed by atoms with Crippen molar-refractivity contribution in [1.82, 2.24) is 24.5 Å². The van der Waals surface area contributed by atoms with Gasteiger partial charge in [0.2, 0.25) is 0 Å². The molecule has 9 heteroatoms. The van der Waals surface area contributed by atoms with Crippen LogP contribution in [0, 0.1) is 29.6 Å². The predicted molar refractivity (Wildman–Crippen MR) is 143 cm³/mol. The molecule has 0 radical (unpaired) electrons. The van der Waals surface area contributed by atoms with Crippen LogP contribution in [-0.4, -0.2) is 55.8 Å². The van der Waals surface area contributed by atoms with Crippen LogP contribution in [0.4, 0.5) is 0 Å². The lowest BCUT2D eigenvalue weighted by atomic mass is 9.90. The predicted octanol–water partition coefficient (Wildman–Crippen LogP) is 4.77. The average Bonchev–Trinajstić information content (AvgIpc) is 3.52. The third-order valence-corrected chi connectivity index (χ3v) is 8.98. The van der Waals surface area contributed by atoms with Gasteiger partial charge in [0.25, 0.3) is 0 Å². The first-order chi connectivity index (χ1) is 18.0. The molecule has 1 aliphatic heterocycles. The largest absolute Gasteiger partial charge is 0.395 e. The van der Waals surface area contributed by atoms with Gasteiger partial charge in [-0.3, -0.25) is 4.68 Å². The minimum atomic E-state index is -0.0492. The van der Waals surface area contributed by atoms with Crippen LogP contribution in [0.1, 0.15) is 71.5 Å². The zero-order chi connectivity index (χ0) is 25.9. The van der Waals surface area contributed by atoms with Gasteiger partial charge in [-0.1, -0.05) is 12.1 Å². The zero-order valence-corrected chi connectivity index (χ0v) is 22.0. The van der Waals surface area contributed by atoms with Crippen molar-refractivity contribution in [3.05, 3.63) is 64.7 Å². The second-order valence-corrected chi connectivity index (χ2v) is 11.1. The van der Waals surface area contributed by atoms with Crippen LogP contribution in [0.15, 0.2) is 41.6 Å². The van der Waals surface area contributed by atoms with Gasteiger partial charge < -0.3 is 10.0 Å². The third-order valence-electron chi connectivity index (χ3n) is 7.70. The van der Waals surface area contributed by atoms with Crippen LogP contribution in [-0.2, 0) is 0 Å². The minimum absolute atomic E-state index is 0.0492. The molecule has 8 nitrogen and oxygen atoms in total. The lowest BCUT2D eigenvalue weighted by molar-refractivity contribution is 0.134. The van der Waals surface area contributed by atoms with Crippen LogP contribution in [0.5, 0.6) is 0 Å². The highest BCUT2D eigenvalue weighted by molar-refractivity contribution is 7.99. The molecule has 1 N–H and O–H groups in total. The van der Waals surface area contributed by atoms with E-state index in [2.05, 4.69) is 40.8 Å². The summed E-state index contributed by atoms with van der Waals surface area (Å²) in [5, 5.41) is 37.8. The van der Waals surface area contributed by atoms with E-state index < -0.39 is 0 Å². The van der Waals surface area contributed by atoms with Gasteiger partial charge in [0.15, 0.2) is 0 Å². The van der Waals surface area contributed by atoms with E-state index in [0.717, 1.165) is 66.1 Å². The quantitative estimate of drug-likeness (QED) is 0.485. The molecule has 1 aliphatic carbocycles. The molecular weight excluding hydrogens is 482 g/mol. The molecule has 0 bridgehead atoms. The van der Waals surface area contributed by atoms with Crippen molar-refractivity contribution in [2.75, 3.05) is 20.2 Å². The number of nitrogens with zero attached hydrogens (tertiary/aromatic N) is 7. The van der Waals surface area contributed by atoms with Gasteiger partial charge in [0.1, 0.15) is 12.1 Å². The fourth-order valence-electron chi connectivity index (χ4n) is 5.66. The minimum Gasteiger partial charge on any atom is -0.395 e. The number of thioether (sulfide) groups is 1. The van der Waals surface area contributed by atoms with Crippen LogP contribution in [0.2, 0.25) is 0 Å². The first-order valence-electron chi connectivity index (χ1n) is 12.7. The van der Waals surface area contributed by atoms with Crippen molar-refractivity contribution in [2.24, 2.45) is 0 Å². The topological polar surface area (TPSA) is 107 Å². The van der Waals surface area contributed by atoms with Gasteiger partial charge in [-0.15, -0.1) is 11.8 Å². The summed E-state index contributed by atoms with van der Waals surface area (Å²) in [4.78, 5) is 3.17. The normalized spacial score (nSPS) is 21.2. The molecule has 2 aliphatic rings. The molecule has 2 aromatic heterocycles. The highest BCUT2D eigenvalue weighted by atomic mass is 32.2. The van der Waals surface area contributed by atoms with E-state index >= 15 is 0 Å². The van der Waals surface area contributed by atoms with Crippen molar-refractivity contribution in [3.63, 3.8) is 0 Å². The van der Waals surface area contributed by atoms with E-state index in [1.807, 2.05) is 41.3 Å². The SMILES string of the molecule is Cc1c(C2=Cn3ncc(C#N)c3C(Sc3ccccc3C#N)C2)cnn1C1CCC(N(C)CCO)CC1. The summed E-state index contributed by atoms with van der Waals surface area (Å²) in [6.45, 7) is 3.05. The average molecular weight is 514 g/mol. The summed E-state index contributed by atoms with van der Waals surface area (Å²) >= 11 is 1.61. The second kappa shape index (κ2) is 10.9. The number of hydrogen-bond donors (Lipinski definition) is 1. The lowest BCUT2D eigenvalue weighted by Gasteiger charge is -2.35. The van der Waals surface area contributed by atoms with Crippen molar-refractivity contribution in [3.8, 4) is 12.1 Å². The van der Waals surface area contributed by atoms with E-state index in [-0.39, 0.29) is 11.9 Å². The molecule has 0 amide bonds. The monoisotopic (exact) mass is 513 g/mol. The van der Waals surface area contributed by atoms with Gasteiger partial charge in [-0.25, -0.2) is 4.68 Å². The molecule has 190 valence electrons. The number of aliphatic hydroxyl groups is 1. The maximum Gasteiger partial charge on any atom is 0.103 e. The van der Waals surface area contributed by atoms with Crippen LogP contribution < -0.4 is 0 Å². The van der Waals surface area contributed by atoms with Crippen molar-refractivity contribution in [2.45, 2.75) is 61.3 Å². The van der Waals surface area contributed by atoms with Gasteiger partial charge in [-0.2, -0.15) is 20.7 Å². The summed E-state index contributed by atoms with van der Waals surface area (Å²) in [6.07, 6.45) is 10.7. The van der Waals surface area contributed by atoms with Crippen LogP contribution in [0.25, 0.3) is 11.8 Å². The van der Waals surface area contributed by atoms with Crippen molar-refractivity contribution < 1.29 is 5.11 Å². The highest BCUT2D eigenvalue weighted by Gasteiger charge is 2.31. The summed E-state index contributed by atoms with van der Waals surface area (Å²) in [5.74, 6) is 0. The van der Waals surface area contributed by atoms with E-state index in [9.17, 15) is 15.6 Å². The molecule has 1 unspecified atom stereocenters. The summed E-state index contributed by atoms with van der Waals surface area (Å²) in [7, 11) is 2.10. The highest BCUT2D eigenvalue weighted by Crippen LogP contribution is 2.47. The summed E-state index contributed by atoms with van der Waals surface area (Å²) in [5.41, 5.74) is 5.47. The number of hydrogen-bond acceptors (Lipinski definition) is 7. The molecule has 0 saturated heterocycles. The number of aromatic nitrogens is 4. The number of likely N-dealkylation sites (N-methyl/N-ethyl adjacent to an activating group) is 1. The molecule has 1 aromatic carbocycles. The van der Waals surface area contributed by atoms with Crippen LogP contribution >= 0.6 is 11.8 Å². The maximum atomic E-state index is 9.71. The lowest BCUT2D eigenvalue weighted by Crippen LogP contribution is -2.37. The van der Waals surface area contributed by atoms with E-state index in [4.69, 9.17) is 5.10 Å². The smallest absolute Gasteiger partial charge is 0.103 e. The molecular formula is C28H31N7OS. The Morgan fingerprint density at radius 1 is 1.08 bits per heavy atom. The molecule has 5 rings (SSSR count). The Bertz CT molecular complexity index is 1380. The number of nitriles is 2. The van der Waals surface area contributed by atoms with E-state index in [1.54, 1.807) is 18.0 Å². The molecule has 1 saturated carbocycles. The molecule has 1 fully saturated rings. The molecule has 0 spiro atoms. The zero-order valence-electron chi connectivity index (χ0n) is 21.2. The second-order valence-electron chi connectivity index (χ2n) is 9.83. The summed E-state index contributed by atoms with van der Waals surface area (Å²) in [6, 6.07) is 13.1. The van der Waals surface area contributed by atoms with Gasteiger partial charge in [0, 0.05) is 34.9 Å². The Balaban J connectivity index is 1.40. The fourth-order valence-corrected chi connectivity index (χ4v) is 6.97. The van der Waals surface area contributed by atoms with Crippen molar-refractivity contribution >= 4 is 23.5 Å². The standard InChI is InChI=1S/C28H31N7OS/c1-19-25(17-32-35(19)24-9-7-23(8-10-24)33(2)11-12-36)21-13-27(28-22(15-30)16-31-34(28)18-21)37-26-6-4-3-5-20(26)14-29/h3-6,16-18,23-24,27,36H,7-13H2,1-2H3. The van der Waals surface area contributed by atoms with Crippen molar-refractivity contribution in [1.29, 1.82) is 10.5 Å². The first-order valence-corrected chi connectivity index (χ1v) is 13.6. The number of rotatable bonds is 7. The third kappa shape index (κ3) is 4.95. The number of aliphatic hydroxyl groups excluding tert-OH is 1. The van der Waals surface area contributed by atoms with Gasteiger partial charge in [-0.05, 0) is 63.8 Å². The Morgan fingerprint density at radius 2 is 1.84 bits per heavy atom. The Morgan fingerprint density at radius 3 is 2.57 bits per heavy atom. The molecule has 37 heavy (non-hydrogen) atoms. The molecule has 1 atom stereocenters. The number of benzene rings is 1. The van der Waals surface area contributed by atoms with Crippen LogP contribution in [0.3, 0.4) is 0 Å². The fraction of sp³-hybridized carbons (Fsp3) is 0.429. The molecule has 3 heterocycles. The van der Waals surface area contributed by atoms with E-state index in [1.165, 1.54) is 0 Å². The summed E-state index contributed by atoms with van der Waals surface area (Å²) < 4.78 is 4.01. The Kier molecular flexibility index (Phi) is 7.48. The first kappa shape index (κ1) is 25.3.